The van der Waals surface area contributed by atoms with Gasteiger partial charge in [0, 0.05) is 17.5 Å². The molecule has 0 spiro atoms. The molecule has 2 heterocycles. The Morgan fingerprint density at radius 1 is 1.45 bits per heavy atom. The van der Waals surface area contributed by atoms with E-state index in [0.717, 1.165) is 15.5 Å². The number of fused-ring (bicyclic) bond motifs is 1. The zero-order chi connectivity index (χ0) is 15.7. The SMILES string of the molecule is CC(C)N1CC(COc2cccc3c[n+]([O-])ccc23)OC1=O. The molecule has 6 nitrogen and oxygen atoms in total. The molecule has 1 fully saturated rings. The van der Waals surface area contributed by atoms with Gasteiger partial charge in [0.15, 0.2) is 18.5 Å². The van der Waals surface area contributed by atoms with Gasteiger partial charge in [0.2, 0.25) is 0 Å². The molecule has 1 aromatic carbocycles. The van der Waals surface area contributed by atoms with E-state index in [1.54, 1.807) is 11.0 Å². The van der Waals surface area contributed by atoms with Crippen molar-refractivity contribution in [3.8, 4) is 5.75 Å². The Morgan fingerprint density at radius 3 is 3.00 bits per heavy atom. The highest BCUT2D eigenvalue weighted by Crippen LogP contribution is 2.25. The maximum Gasteiger partial charge on any atom is 0.410 e. The highest BCUT2D eigenvalue weighted by Gasteiger charge is 2.33. The molecule has 1 saturated heterocycles. The van der Waals surface area contributed by atoms with Crippen LogP contribution in [-0.4, -0.2) is 36.3 Å². The summed E-state index contributed by atoms with van der Waals surface area (Å²) >= 11 is 0. The van der Waals surface area contributed by atoms with Gasteiger partial charge < -0.3 is 19.6 Å². The zero-order valence-corrected chi connectivity index (χ0v) is 12.6. The van der Waals surface area contributed by atoms with Crippen LogP contribution in [0.1, 0.15) is 13.8 Å². The van der Waals surface area contributed by atoms with Crippen LogP contribution in [0.3, 0.4) is 0 Å². The molecule has 0 bridgehead atoms. The molecule has 2 aromatic rings. The molecule has 1 aromatic heterocycles. The van der Waals surface area contributed by atoms with Crippen LogP contribution in [-0.2, 0) is 4.74 Å². The van der Waals surface area contributed by atoms with Crippen molar-refractivity contribution >= 4 is 16.9 Å². The van der Waals surface area contributed by atoms with Crippen LogP contribution in [0.5, 0.6) is 5.75 Å². The normalized spacial score (nSPS) is 18.0. The molecule has 0 aliphatic carbocycles. The lowest BCUT2D eigenvalue weighted by Crippen LogP contribution is -2.32. The van der Waals surface area contributed by atoms with E-state index in [4.69, 9.17) is 9.47 Å². The first kappa shape index (κ1) is 14.4. The average Bonchev–Trinajstić information content (AvgIpc) is 2.86. The van der Waals surface area contributed by atoms with Crippen LogP contribution in [0.25, 0.3) is 10.8 Å². The first-order valence-corrected chi connectivity index (χ1v) is 7.26. The number of aromatic nitrogens is 1. The lowest BCUT2D eigenvalue weighted by molar-refractivity contribution is -0.603. The number of amides is 1. The average molecular weight is 302 g/mol. The van der Waals surface area contributed by atoms with Crippen LogP contribution in [0, 0.1) is 5.21 Å². The zero-order valence-electron chi connectivity index (χ0n) is 12.6. The summed E-state index contributed by atoms with van der Waals surface area (Å²) in [4.78, 5) is 13.4. The first-order valence-electron chi connectivity index (χ1n) is 7.26. The fraction of sp³-hybridized carbons (Fsp3) is 0.375. The summed E-state index contributed by atoms with van der Waals surface area (Å²) in [6.07, 6.45) is 2.36. The second kappa shape index (κ2) is 5.71. The lowest BCUT2D eigenvalue weighted by Gasteiger charge is -2.17. The summed E-state index contributed by atoms with van der Waals surface area (Å²) < 4.78 is 11.9. The number of benzene rings is 1. The molecule has 1 amide bonds. The van der Waals surface area contributed by atoms with Crippen LogP contribution in [0.2, 0.25) is 0 Å². The molecule has 116 valence electrons. The van der Waals surface area contributed by atoms with E-state index in [2.05, 4.69) is 0 Å². The molecule has 3 rings (SSSR count). The van der Waals surface area contributed by atoms with Crippen LogP contribution >= 0.6 is 0 Å². The molecular weight excluding hydrogens is 284 g/mol. The minimum Gasteiger partial charge on any atom is -0.619 e. The number of carbonyl (C=O) groups is 1. The van der Waals surface area contributed by atoms with Crippen molar-refractivity contribution in [2.24, 2.45) is 0 Å². The Balaban J connectivity index is 1.71. The van der Waals surface area contributed by atoms with Crippen molar-refractivity contribution < 1.29 is 19.0 Å². The number of cyclic esters (lactones) is 1. The Morgan fingerprint density at radius 2 is 2.27 bits per heavy atom. The predicted molar refractivity (Wildman–Crippen MR) is 80.5 cm³/mol. The van der Waals surface area contributed by atoms with Crippen molar-refractivity contribution in [2.45, 2.75) is 26.0 Å². The molecule has 1 unspecified atom stereocenters. The maximum atomic E-state index is 11.7. The topological polar surface area (TPSA) is 65.7 Å². The monoisotopic (exact) mass is 302 g/mol. The van der Waals surface area contributed by atoms with Gasteiger partial charge in [0.05, 0.1) is 11.9 Å². The van der Waals surface area contributed by atoms with E-state index >= 15 is 0 Å². The minimum atomic E-state index is -0.297. The van der Waals surface area contributed by atoms with E-state index in [9.17, 15) is 10.0 Å². The van der Waals surface area contributed by atoms with Crippen molar-refractivity contribution in [2.75, 3.05) is 13.2 Å². The Labute approximate surface area is 128 Å². The largest absolute Gasteiger partial charge is 0.619 e. The fourth-order valence-corrected chi connectivity index (χ4v) is 2.54. The van der Waals surface area contributed by atoms with Gasteiger partial charge in [-0.1, -0.05) is 6.07 Å². The van der Waals surface area contributed by atoms with Gasteiger partial charge >= 0.3 is 6.09 Å². The van der Waals surface area contributed by atoms with Crippen LogP contribution in [0.15, 0.2) is 36.7 Å². The van der Waals surface area contributed by atoms with Crippen molar-refractivity contribution in [1.82, 2.24) is 4.90 Å². The Kier molecular flexibility index (Phi) is 3.75. The summed E-state index contributed by atoms with van der Waals surface area (Å²) in [7, 11) is 0. The van der Waals surface area contributed by atoms with Crippen LogP contribution in [0.4, 0.5) is 4.79 Å². The Bertz CT molecular complexity index is 702. The summed E-state index contributed by atoms with van der Waals surface area (Å²) in [5.74, 6) is 0.678. The quantitative estimate of drug-likeness (QED) is 0.640. The van der Waals surface area contributed by atoms with Gasteiger partial charge in [-0.05, 0) is 26.0 Å². The highest BCUT2D eigenvalue weighted by atomic mass is 16.6. The number of nitrogens with zero attached hydrogens (tertiary/aromatic N) is 2. The molecule has 0 N–H and O–H groups in total. The number of hydrogen-bond acceptors (Lipinski definition) is 4. The smallest absolute Gasteiger partial charge is 0.410 e. The lowest BCUT2D eigenvalue weighted by atomic mass is 10.1. The van der Waals surface area contributed by atoms with E-state index in [1.165, 1.54) is 12.4 Å². The van der Waals surface area contributed by atoms with E-state index in [-0.39, 0.29) is 18.2 Å². The van der Waals surface area contributed by atoms with Crippen molar-refractivity contribution in [1.29, 1.82) is 0 Å². The number of ether oxygens (including phenoxy) is 2. The highest BCUT2D eigenvalue weighted by molar-refractivity contribution is 5.86. The van der Waals surface area contributed by atoms with Gasteiger partial charge in [0.1, 0.15) is 12.4 Å². The van der Waals surface area contributed by atoms with Crippen LogP contribution < -0.4 is 9.47 Å². The molecule has 1 aliphatic heterocycles. The second-order valence-corrected chi connectivity index (χ2v) is 5.63. The number of pyridine rings is 1. The molecule has 22 heavy (non-hydrogen) atoms. The molecule has 0 radical (unpaired) electrons. The summed E-state index contributed by atoms with van der Waals surface area (Å²) in [6.45, 7) is 4.73. The molecule has 1 aliphatic rings. The third kappa shape index (κ3) is 2.77. The van der Waals surface area contributed by atoms with E-state index in [1.807, 2.05) is 32.0 Å². The van der Waals surface area contributed by atoms with Crippen molar-refractivity contribution in [3.63, 3.8) is 0 Å². The van der Waals surface area contributed by atoms with Gasteiger partial charge in [-0.2, -0.15) is 4.73 Å². The van der Waals surface area contributed by atoms with E-state index in [0.29, 0.717) is 18.9 Å². The molecule has 6 heteroatoms. The number of hydrogen-bond donors (Lipinski definition) is 0. The summed E-state index contributed by atoms with van der Waals surface area (Å²) in [5.41, 5.74) is 0. The summed E-state index contributed by atoms with van der Waals surface area (Å²) in [6, 6.07) is 7.36. The fourth-order valence-electron chi connectivity index (χ4n) is 2.54. The van der Waals surface area contributed by atoms with Gasteiger partial charge in [-0.3, -0.25) is 0 Å². The molecule has 1 atom stereocenters. The minimum absolute atomic E-state index is 0.113. The number of rotatable bonds is 4. The Hall–Kier alpha value is -2.50. The molecule has 0 saturated carbocycles. The predicted octanol–water partition coefficient (Wildman–Crippen LogP) is 2.08. The van der Waals surface area contributed by atoms with Gasteiger partial charge in [0.25, 0.3) is 0 Å². The first-order chi connectivity index (χ1) is 10.5. The third-order valence-electron chi connectivity index (χ3n) is 3.70. The molecular formula is C16H18N2O4. The van der Waals surface area contributed by atoms with Crippen molar-refractivity contribution in [3.05, 3.63) is 41.9 Å². The van der Waals surface area contributed by atoms with Gasteiger partial charge in [-0.25, -0.2) is 4.79 Å². The maximum absolute atomic E-state index is 11.7. The summed E-state index contributed by atoms with van der Waals surface area (Å²) in [5, 5.41) is 13.0. The standard InChI is InChI=1S/C16H18N2O4/c1-11(2)18-9-13(22-16(18)19)10-21-15-5-3-4-12-8-17(20)7-6-14(12)15/h3-8,11,13H,9-10H2,1-2H3. The third-order valence-corrected chi connectivity index (χ3v) is 3.70. The van der Waals surface area contributed by atoms with Gasteiger partial charge in [-0.15, -0.1) is 0 Å². The number of carbonyl (C=O) groups excluding carboxylic acids is 1. The van der Waals surface area contributed by atoms with E-state index < -0.39 is 0 Å². The second-order valence-electron chi connectivity index (χ2n) is 5.63.